The molecule has 0 saturated carbocycles. The molecule has 0 aliphatic rings. The minimum absolute atomic E-state index is 0.909. The van der Waals surface area contributed by atoms with Crippen LogP contribution >= 0.6 is 0 Å². The largest absolute Gasteiger partial charge is 0.456 e. The number of furan rings is 1. The van der Waals surface area contributed by atoms with Gasteiger partial charge in [0.2, 0.25) is 5.78 Å². The van der Waals surface area contributed by atoms with E-state index in [1.54, 1.807) is 0 Å². The summed E-state index contributed by atoms with van der Waals surface area (Å²) >= 11 is 0. The normalized spacial score (nSPS) is 12.3. The topological polar surface area (TPSA) is 40.3 Å². The summed E-state index contributed by atoms with van der Waals surface area (Å²) in [6.45, 7) is 2.10. The van der Waals surface area contributed by atoms with Crippen LogP contribution < -0.4 is 0 Å². The molecule has 0 N–H and O–H groups in total. The van der Waals surface area contributed by atoms with Crippen molar-refractivity contribution < 1.29 is 4.42 Å². The van der Waals surface area contributed by atoms with Crippen molar-refractivity contribution in [1.82, 2.24) is 18.5 Å². The van der Waals surface area contributed by atoms with Crippen molar-refractivity contribution in [3.05, 3.63) is 133 Å². The average molecular weight is 553 g/mol. The maximum absolute atomic E-state index is 6.26. The van der Waals surface area contributed by atoms with E-state index in [4.69, 9.17) is 9.40 Å². The van der Waals surface area contributed by atoms with E-state index in [1.807, 2.05) is 6.07 Å². The first-order valence-electron chi connectivity index (χ1n) is 14.6. The van der Waals surface area contributed by atoms with Gasteiger partial charge < -0.3 is 8.98 Å². The maximum Gasteiger partial charge on any atom is 0.220 e. The predicted octanol–water partition coefficient (Wildman–Crippen LogP) is 9.74. The Hall–Kier alpha value is -5.81. The minimum atomic E-state index is 0.909. The Morgan fingerprint density at radius 3 is 2.09 bits per heavy atom. The molecule has 0 aliphatic heterocycles. The molecule has 43 heavy (non-hydrogen) atoms. The van der Waals surface area contributed by atoms with Crippen molar-refractivity contribution >= 4 is 71.6 Å². The standard InChI is InChI=1S/C38H24N4O/c1-23-9-8-11-27-29-22-24(18-20-36(29)43-37(23)27)40-31-13-4-2-10-26(31)28-21-25(17-19-32(28)40)41-34-15-6-7-16-35(34)42-33-14-5-3-12-30(33)39-38(41)42/h2-22H,1H3. The fraction of sp³-hybridized carbons (Fsp3) is 0.0263. The molecule has 0 aliphatic carbocycles. The van der Waals surface area contributed by atoms with Crippen molar-refractivity contribution in [2.75, 3.05) is 0 Å². The van der Waals surface area contributed by atoms with Crippen molar-refractivity contribution in [3.8, 4) is 11.4 Å². The molecule has 0 amide bonds. The minimum Gasteiger partial charge on any atom is -0.456 e. The number of benzene rings is 6. The molecular formula is C38H24N4O. The summed E-state index contributed by atoms with van der Waals surface area (Å²) in [6, 6.07) is 45.2. The Labute approximate surface area is 245 Å². The SMILES string of the molecule is Cc1cccc2c1oc1ccc(-n3c4ccccc4c4cc(-n5c6ccccc6n6c7ccccc7nc56)ccc43)cc12. The molecule has 0 radical (unpaired) electrons. The van der Waals surface area contributed by atoms with Gasteiger partial charge >= 0.3 is 0 Å². The van der Waals surface area contributed by atoms with Gasteiger partial charge in [0.1, 0.15) is 11.2 Å². The number of hydrogen-bond donors (Lipinski definition) is 0. The van der Waals surface area contributed by atoms with Gasteiger partial charge in [0.25, 0.3) is 0 Å². The Morgan fingerprint density at radius 2 is 1.19 bits per heavy atom. The quantitative estimate of drug-likeness (QED) is 0.214. The monoisotopic (exact) mass is 552 g/mol. The van der Waals surface area contributed by atoms with E-state index in [2.05, 4.69) is 142 Å². The van der Waals surface area contributed by atoms with Gasteiger partial charge in [-0.25, -0.2) is 4.98 Å². The number of aryl methyl sites for hydroxylation is 1. The van der Waals surface area contributed by atoms with Gasteiger partial charge in [-0.2, -0.15) is 0 Å². The van der Waals surface area contributed by atoms with Crippen LogP contribution in [0.5, 0.6) is 0 Å². The molecule has 10 aromatic rings. The molecule has 5 nitrogen and oxygen atoms in total. The molecule has 0 saturated heterocycles. The molecule has 5 heteroatoms. The van der Waals surface area contributed by atoms with Crippen molar-refractivity contribution in [2.45, 2.75) is 6.92 Å². The molecule has 10 rings (SSSR count). The number of para-hydroxylation sites is 6. The van der Waals surface area contributed by atoms with Crippen LogP contribution in [-0.4, -0.2) is 18.5 Å². The van der Waals surface area contributed by atoms with E-state index < -0.39 is 0 Å². The van der Waals surface area contributed by atoms with Gasteiger partial charge in [0.15, 0.2) is 0 Å². The second kappa shape index (κ2) is 8.14. The van der Waals surface area contributed by atoms with E-state index in [-0.39, 0.29) is 0 Å². The second-order valence-electron chi connectivity index (χ2n) is 11.3. The first-order chi connectivity index (χ1) is 21.2. The summed E-state index contributed by atoms with van der Waals surface area (Å²) in [5.74, 6) is 0.915. The lowest BCUT2D eigenvalue weighted by Gasteiger charge is -2.09. The summed E-state index contributed by atoms with van der Waals surface area (Å²) in [6.07, 6.45) is 0. The number of hydrogen-bond acceptors (Lipinski definition) is 2. The van der Waals surface area contributed by atoms with Gasteiger partial charge in [-0.3, -0.25) is 8.97 Å². The fourth-order valence-corrected chi connectivity index (χ4v) is 7.05. The Morgan fingerprint density at radius 1 is 0.512 bits per heavy atom. The maximum atomic E-state index is 6.26. The van der Waals surface area contributed by atoms with E-state index >= 15 is 0 Å². The Bertz CT molecular complexity index is 2750. The number of imidazole rings is 2. The highest BCUT2D eigenvalue weighted by Gasteiger charge is 2.19. The number of nitrogens with zero attached hydrogens (tertiary/aromatic N) is 4. The first-order valence-corrected chi connectivity index (χ1v) is 14.6. The third-order valence-corrected chi connectivity index (χ3v) is 8.96. The summed E-state index contributed by atoms with van der Waals surface area (Å²) in [5.41, 5.74) is 11.9. The Kier molecular flexibility index (Phi) is 4.32. The van der Waals surface area contributed by atoms with Gasteiger partial charge in [-0.1, -0.05) is 60.7 Å². The molecule has 4 heterocycles. The molecule has 4 aromatic heterocycles. The highest BCUT2D eigenvalue weighted by molar-refractivity contribution is 6.11. The van der Waals surface area contributed by atoms with Gasteiger partial charge in [0.05, 0.1) is 33.1 Å². The highest BCUT2D eigenvalue weighted by Crippen LogP contribution is 2.38. The van der Waals surface area contributed by atoms with Crippen LogP contribution in [-0.2, 0) is 0 Å². The zero-order valence-corrected chi connectivity index (χ0v) is 23.3. The van der Waals surface area contributed by atoms with E-state index in [9.17, 15) is 0 Å². The summed E-state index contributed by atoms with van der Waals surface area (Å²) in [5, 5.41) is 4.70. The van der Waals surface area contributed by atoms with Gasteiger partial charge in [-0.05, 0) is 79.2 Å². The van der Waals surface area contributed by atoms with Crippen molar-refractivity contribution in [3.63, 3.8) is 0 Å². The van der Waals surface area contributed by atoms with Gasteiger partial charge in [-0.15, -0.1) is 0 Å². The van der Waals surface area contributed by atoms with Crippen LogP contribution in [0.15, 0.2) is 132 Å². The predicted molar refractivity (Wildman–Crippen MR) is 176 cm³/mol. The third kappa shape index (κ3) is 2.98. The third-order valence-electron chi connectivity index (χ3n) is 8.96. The molecule has 0 fully saturated rings. The summed E-state index contributed by atoms with van der Waals surface area (Å²) < 4.78 is 13.2. The van der Waals surface area contributed by atoms with E-state index in [1.165, 1.54) is 16.3 Å². The van der Waals surface area contributed by atoms with E-state index in [0.29, 0.717) is 0 Å². The molecule has 0 unspecified atom stereocenters. The fourth-order valence-electron chi connectivity index (χ4n) is 7.05. The second-order valence-corrected chi connectivity index (χ2v) is 11.3. The van der Waals surface area contributed by atoms with Crippen LogP contribution in [0.1, 0.15) is 5.56 Å². The lowest BCUT2D eigenvalue weighted by Crippen LogP contribution is -1.96. The highest BCUT2D eigenvalue weighted by atomic mass is 16.3. The average Bonchev–Trinajstić information content (AvgIpc) is 3.78. The lowest BCUT2D eigenvalue weighted by atomic mass is 10.1. The Balaban J connectivity index is 1.26. The van der Waals surface area contributed by atoms with Crippen molar-refractivity contribution in [2.24, 2.45) is 0 Å². The zero-order valence-electron chi connectivity index (χ0n) is 23.3. The van der Waals surface area contributed by atoms with Crippen LogP contribution in [0.2, 0.25) is 0 Å². The molecular weight excluding hydrogens is 528 g/mol. The smallest absolute Gasteiger partial charge is 0.220 e. The van der Waals surface area contributed by atoms with E-state index in [0.717, 1.165) is 72.2 Å². The molecule has 202 valence electrons. The lowest BCUT2D eigenvalue weighted by molar-refractivity contribution is 0.665. The van der Waals surface area contributed by atoms with Crippen LogP contribution in [0.25, 0.3) is 83.0 Å². The molecule has 0 atom stereocenters. The summed E-state index contributed by atoms with van der Waals surface area (Å²) in [4.78, 5) is 5.09. The van der Waals surface area contributed by atoms with Crippen LogP contribution in [0, 0.1) is 6.92 Å². The number of aromatic nitrogens is 4. The number of rotatable bonds is 2. The zero-order chi connectivity index (χ0) is 28.2. The van der Waals surface area contributed by atoms with Gasteiger partial charge in [0, 0.05) is 32.9 Å². The first kappa shape index (κ1) is 22.8. The molecule has 6 aromatic carbocycles. The molecule has 0 spiro atoms. The number of fused-ring (bicyclic) bond motifs is 11. The van der Waals surface area contributed by atoms with Crippen LogP contribution in [0.3, 0.4) is 0 Å². The summed E-state index contributed by atoms with van der Waals surface area (Å²) in [7, 11) is 0. The van der Waals surface area contributed by atoms with Crippen molar-refractivity contribution in [1.29, 1.82) is 0 Å². The molecule has 0 bridgehead atoms. The van der Waals surface area contributed by atoms with Crippen LogP contribution in [0.4, 0.5) is 0 Å².